The molecule has 5 nitrogen and oxygen atoms in total. The van der Waals surface area contributed by atoms with Crippen LogP contribution < -0.4 is 9.84 Å². The number of carboxylic acids is 1. The van der Waals surface area contributed by atoms with E-state index in [2.05, 4.69) is 5.10 Å². The molecule has 0 radical (unpaired) electrons. The van der Waals surface area contributed by atoms with Crippen LogP contribution in [0.4, 0.5) is 0 Å². The number of benzene rings is 2. The van der Waals surface area contributed by atoms with E-state index in [1.165, 1.54) is 0 Å². The lowest BCUT2D eigenvalue weighted by Gasteiger charge is -2.04. The first-order valence-corrected chi connectivity index (χ1v) is 7.65. The molecule has 122 valence electrons. The van der Waals surface area contributed by atoms with E-state index in [9.17, 15) is 9.90 Å². The molecule has 1 heterocycles. The van der Waals surface area contributed by atoms with Gasteiger partial charge in [-0.15, -0.1) is 0 Å². The van der Waals surface area contributed by atoms with Crippen molar-refractivity contribution < 1.29 is 14.6 Å². The van der Waals surface area contributed by atoms with Crippen molar-refractivity contribution in [2.45, 2.75) is 12.8 Å². The van der Waals surface area contributed by atoms with Crippen molar-refractivity contribution in [2.75, 3.05) is 7.11 Å². The number of carbonyl (C=O) groups is 1. The third kappa shape index (κ3) is 3.46. The van der Waals surface area contributed by atoms with Crippen LogP contribution in [0.1, 0.15) is 12.0 Å². The van der Waals surface area contributed by atoms with E-state index in [0.29, 0.717) is 6.42 Å². The highest BCUT2D eigenvalue weighted by Gasteiger charge is 2.12. The van der Waals surface area contributed by atoms with Crippen LogP contribution >= 0.6 is 0 Å². The van der Waals surface area contributed by atoms with E-state index < -0.39 is 5.97 Å². The number of carboxylic acid groups (broad SMARTS) is 1. The summed E-state index contributed by atoms with van der Waals surface area (Å²) in [4.78, 5) is 10.8. The minimum Gasteiger partial charge on any atom is -0.550 e. The average molecular weight is 321 g/mol. The van der Waals surface area contributed by atoms with Crippen molar-refractivity contribution in [1.82, 2.24) is 9.78 Å². The van der Waals surface area contributed by atoms with Gasteiger partial charge in [0, 0.05) is 17.7 Å². The third-order valence-corrected chi connectivity index (χ3v) is 3.77. The quantitative estimate of drug-likeness (QED) is 0.698. The predicted octanol–water partition coefficient (Wildman–Crippen LogP) is 2.23. The molecule has 3 aromatic rings. The van der Waals surface area contributed by atoms with E-state index in [0.717, 1.165) is 28.3 Å². The van der Waals surface area contributed by atoms with Crippen LogP contribution in [0.5, 0.6) is 5.75 Å². The number of ether oxygens (including phenoxy) is 1. The SMILES string of the molecule is COc1ccc(-c2nn(-c3ccccc3)cc2CCC(=O)[O-])cc1. The Morgan fingerprint density at radius 2 is 1.83 bits per heavy atom. The summed E-state index contributed by atoms with van der Waals surface area (Å²) in [6, 6.07) is 17.3. The Labute approximate surface area is 140 Å². The maximum atomic E-state index is 10.8. The average Bonchev–Trinajstić information content (AvgIpc) is 3.05. The summed E-state index contributed by atoms with van der Waals surface area (Å²) in [5.74, 6) is -0.305. The molecule has 0 aliphatic heterocycles. The van der Waals surface area contributed by atoms with E-state index in [1.54, 1.807) is 11.8 Å². The summed E-state index contributed by atoms with van der Waals surface area (Å²) in [5.41, 5.74) is 3.47. The van der Waals surface area contributed by atoms with Crippen molar-refractivity contribution in [3.05, 3.63) is 66.4 Å². The van der Waals surface area contributed by atoms with Crippen molar-refractivity contribution in [2.24, 2.45) is 0 Å². The number of methoxy groups -OCH3 is 1. The second kappa shape index (κ2) is 7.00. The van der Waals surface area contributed by atoms with Gasteiger partial charge in [-0.25, -0.2) is 4.68 Å². The van der Waals surface area contributed by atoms with Gasteiger partial charge in [-0.05, 0) is 54.8 Å². The second-order valence-corrected chi connectivity index (χ2v) is 5.38. The molecule has 0 unspecified atom stereocenters. The first-order chi connectivity index (χ1) is 11.7. The van der Waals surface area contributed by atoms with Gasteiger partial charge in [-0.1, -0.05) is 18.2 Å². The fraction of sp³-hybridized carbons (Fsp3) is 0.158. The third-order valence-electron chi connectivity index (χ3n) is 3.77. The van der Waals surface area contributed by atoms with Crippen molar-refractivity contribution in [1.29, 1.82) is 0 Å². The molecule has 0 amide bonds. The normalized spacial score (nSPS) is 10.5. The molecule has 1 aromatic heterocycles. The molecule has 0 aliphatic carbocycles. The van der Waals surface area contributed by atoms with Crippen LogP contribution in [0.2, 0.25) is 0 Å². The van der Waals surface area contributed by atoms with Crippen LogP contribution in [-0.2, 0) is 11.2 Å². The van der Waals surface area contributed by atoms with Gasteiger partial charge >= 0.3 is 0 Å². The molecule has 0 saturated carbocycles. The van der Waals surface area contributed by atoms with Crippen LogP contribution in [0.3, 0.4) is 0 Å². The lowest BCUT2D eigenvalue weighted by atomic mass is 10.0. The Hall–Kier alpha value is -3.08. The summed E-state index contributed by atoms with van der Waals surface area (Å²) in [7, 11) is 1.62. The number of hydrogen-bond acceptors (Lipinski definition) is 4. The van der Waals surface area contributed by atoms with Crippen molar-refractivity contribution in [3.8, 4) is 22.7 Å². The first kappa shape index (κ1) is 15.8. The smallest absolute Gasteiger partial charge is 0.118 e. The van der Waals surface area contributed by atoms with Gasteiger partial charge in [-0.3, -0.25) is 0 Å². The Bertz CT molecular complexity index is 824. The van der Waals surface area contributed by atoms with Crippen molar-refractivity contribution in [3.63, 3.8) is 0 Å². The maximum absolute atomic E-state index is 10.8. The lowest BCUT2D eigenvalue weighted by Crippen LogP contribution is -2.22. The number of hydrogen-bond donors (Lipinski definition) is 0. The number of carbonyl (C=O) groups excluding carboxylic acids is 1. The van der Waals surface area contributed by atoms with Gasteiger partial charge in [-0.2, -0.15) is 5.10 Å². The highest BCUT2D eigenvalue weighted by molar-refractivity contribution is 5.67. The molecule has 5 heteroatoms. The number of nitrogens with zero attached hydrogens (tertiary/aromatic N) is 2. The zero-order chi connectivity index (χ0) is 16.9. The molecule has 0 spiro atoms. The van der Waals surface area contributed by atoms with Crippen LogP contribution in [0.15, 0.2) is 60.8 Å². The first-order valence-electron chi connectivity index (χ1n) is 7.65. The maximum Gasteiger partial charge on any atom is 0.118 e. The van der Waals surface area contributed by atoms with Crippen molar-refractivity contribution >= 4 is 5.97 Å². The highest BCUT2D eigenvalue weighted by atomic mass is 16.5. The molecule has 0 atom stereocenters. The summed E-state index contributed by atoms with van der Waals surface area (Å²) in [6.07, 6.45) is 2.21. The number of aryl methyl sites for hydroxylation is 1. The fourth-order valence-corrected chi connectivity index (χ4v) is 2.53. The van der Waals surface area contributed by atoms with Gasteiger partial charge < -0.3 is 14.6 Å². The number of aromatic nitrogens is 2. The summed E-state index contributed by atoms with van der Waals surface area (Å²) >= 11 is 0. The summed E-state index contributed by atoms with van der Waals surface area (Å²) in [5, 5.41) is 15.5. The van der Waals surface area contributed by atoms with E-state index >= 15 is 0 Å². The molecule has 24 heavy (non-hydrogen) atoms. The zero-order valence-corrected chi connectivity index (χ0v) is 13.3. The van der Waals surface area contributed by atoms with Gasteiger partial charge in [0.2, 0.25) is 0 Å². The molecular formula is C19H17N2O3-. The van der Waals surface area contributed by atoms with E-state index in [1.807, 2.05) is 60.8 Å². The Kier molecular flexibility index (Phi) is 4.61. The van der Waals surface area contributed by atoms with Gasteiger partial charge in [0.05, 0.1) is 18.5 Å². The Balaban J connectivity index is 2.01. The second-order valence-electron chi connectivity index (χ2n) is 5.38. The molecule has 0 bridgehead atoms. The minimum absolute atomic E-state index is 0.0381. The molecule has 2 aromatic carbocycles. The van der Waals surface area contributed by atoms with Gasteiger partial charge in [0.25, 0.3) is 0 Å². The molecular weight excluding hydrogens is 304 g/mol. The molecule has 0 N–H and O–H groups in total. The highest BCUT2D eigenvalue weighted by Crippen LogP contribution is 2.26. The van der Waals surface area contributed by atoms with Crippen LogP contribution in [0, 0.1) is 0 Å². The van der Waals surface area contributed by atoms with Crippen LogP contribution in [0.25, 0.3) is 16.9 Å². The molecule has 0 fully saturated rings. The van der Waals surface area contributed by atoms with Crippen LogP contribution in [-0.4, -0.2) is 22.9 Å². The summed E-state index contributed by atoms with van der Waals surface area (Å²) < 4.78 is 6.95. The minimum atomic E-state index is -1.07. The lowest BCUT2D eigenvalue weighted by molar-refractivity contribution is -0.305. The van der Waals surface area contributed by atoms with E-state index in [4.69, 9.17) is 4.74 Å². The van der Waals surface area contributed by atoms with Gasteiger partial charge in [0.15, 0.2) is 0 Å². The largest absolute Gasteiger partial charge is 0.550 e. The number of aliphatic carboxylic acids is 1. The number of para-hydroxylation sites is 1. The predicted molar refractivity (Wildman–Crippen MR) is 88.9 cm³/mol. The zero-order valence-electron chi connectivity index (χ0n) is 13.3. The topological polar surface area (TPSA) is 67.2 Å². The van der Waals surface area contributed by atoms with E-state index in [-0.39, 0.29) is 6.42 Å². The Morgan fingerprint density at radius 1 is 1.12 bits per heavy atom. The standard InChI is InChI=1S/C19H18N2O3/c1-24-17-10-7-14(8-11-17)19-15(9-12-18(22)23)13-21(20-19)16-5-3-2-4-6-16/h2-8,10-11,13H,9,12H2,1H3,(H,22,23)/p-1. The Morgan fingerprint density at radius 3 is 2.46 bits per heavy atom. The van der Waals surface area contributed by atoms with Gasteiger partial charge in [0.1, 0.15) is 5.75 Å². The fourth-order valence-electron chi connectivity index (χ4n) is 2.53. The summed E-state index contributed by atoms with van der Waals surface area (Å²) in [6.45, 7) is 0. The molecule has 3 rings (SSSR count). The molecule has 0 aliphatic rings. The number of rotatable bonds is 6. The monoisotopic (exact) mass is 321 g/mol. The molecule has 0 saturated heterocycles.